The van der Waals surface area contributed by atoms with E-state index in [1.807, 2.05) is 0 Å². The van der Waals surface area contributed by atoms with Crippen molar-refractivity contribution in [3.05, 3.63) is 10.9 Å². The van der Waals surface area contributed by atoms with E-state index in [0.29, 0.717) is 5.16 Å². The third-order valence-corrected chi connectivity index (χ3v) is 4.73. The number of alkyl halides is 2. The average Bonchev–Trinajstić information content (AvgIpc) is 2.26. The van der Waals surface area contributed by atoms with Crippen molar-refractivity contribution >= 4 is 45.8 Å². The minimum Gasteiger partial charge on any atom is -0.369 e. The molecule has 4 nitrogen and oxygen atoms in total. The van der Waals surface area contributed by atoms with E-state index in [0.717, 1.165) is 31.9 Å². The molecule has 2 rings (SSSR count). The highest BCUT2D eigenvalue weighted by Crippen LogP contribution is 2.33. The summed E-state index contributed by atoms with van der Waals surface area (Å²) in [6.07, 6.45) is 0. The van der Waals surface area contributed by atoms with Crippen LogP contribution >= 0.6 is 45.8 Å². The SMILES string of the molecule is ClC1=C(N2CCNCC2)[C@@H](I)C(Cl)N=N1. The Morgan fingerprint density at radius 3 is 2.73 bits per heavy atom. The first-order chi connectivity index (χ1) is 7.20. The lowest BCUT2D eigenvalue weighted by molar-refractivity contribution is 0.289. The van der Waals surface area contributed by atoms with E-state index >= 15 is 0 Å². The Morgan fingerprint density at radius 1 is 1.40 bits per heavy atom. The molecule has 2 aliphatic rings. The van der Waals surface area contributed by atoms with E-state index in [-0.39, 0.29) is 9.43 Å². The highest BCUT2D eigenvalue weighted by molar-refractivity contribution is 14.1. The molecule has 0 bridgehead atoms. The molecular weight excluding hydrogens is 350 g/mol. The van der Waals surface area contributed by atoms with Crippen LogP contribution in [-0.4, -0.2) is 40.5 Å². The number of rotatable bonds is 1. The van der Waals surface area contributed by atoms with Gasteiger partial charge in [0.25, 0.3) is 0 Å². The minimum atomic E-state index is -0.307. The summed E-state index contributed by atoms with van der Waals surface area (Å²) in [6.45, 7) is 3.84. The van der Waals surface area contributed by atoms with Crippen molar-refractivity contribution in [3.63, 3.8) is 0 Å². The molecule has 2 aliphatic heterocycles. The van der Waals surface area contributed by atoms with Gasteiger partial charge in [-0.15, -0.1) is 5.11 Å². The fourth-order valence-corrected chi connectivity index (χ4v) is 3.13. The molecule has 1 saturated heterocycles. The fraction of sp³-hybridized carbons (Fsp3) is 0.750. The summed E-state index contributed by atoms with van der Waals surface area (Å²) < 4.78 is 0.104. The van der Waals surface area contributed by atoms with Gasteiger partial charge >= 0.3 is 0 Å². The zero-order valence-electron chi connectivity index (χ0n) is 7.96. The van der Waals surface area contributed by atoms with Gasteiger partial charge in [0.2, 0.25) is 0 Å². The molecular formula is C8H11Cl2IN4. The summed E-state index contributed by atoms with van der Waals surface area (Å²) in [6, 6.07) is 0. The molecule has 1 N–H and O–H groups in total. The second-order valence-corrected chi connectivity index (χ2v) is 5.55. The van der Waals surface area contributed by atoms with Gasteiger partial charge < -0.3 is 10.2 Å². The topological polar surface area (TPSA) is 40.0 Å². The van der Waals surface area contributed by atoms with Crippen molar-refractivity contribution in [2.45, 2.75) is 9.43 Å². The summed E-state index contributed by atoms with van der Waals surface area (Å²) in [5, 5.41) is 11.6. The zero-order chi connectivity index (χ0) is 10.8. The smallest absolute Gasteiger partial charge is 0.171 e. The van der Waals surface area contributed by atoms with Crippen LogP contribution in [0, 0.1) is 0 Å². The number of nitrogens with zero attached hydrogens (tertiary/aromatic N) is 3. The first-order valence-electron chi connectivity index (χ1n) is 4.74. The highest BCUT2D eigenvalue weighted by atomic mass is 127. The maximum Gasteiger partial charge on any atom is 0.171 e. The van der Waals surface area contributed by atoms with Crippen molar-refractivity contribution in [1.29, 1.82) is 0 Å². The Balaban J connectivity index is 2.20. The van der Waals surface area contributed by atoms with Crippen molar-refractivity contribution in [3.8, 4) is 0 Å². The summed E-state index contributed by atoms with van der Waals surface area (Å²) >= 11 is 14.4. The first kappa shape index (κ1) is 11.9. The van der Waals surface area contributed by atoms with Crippen LogP contribution in [0.3, 0.4) is 0 Å². The summed E-state index contributed by atoms with van der Waals surface area (Å²) in [4.78, 5) is 2.24. The van der Waals surface area contributed by atoms with Gasteiger partial charge in [-0.05, 0) is 0 Å². The molecule has 0 amide bonds. The van der Waals surface area contributed by atoms with E-state index in [2.05, 4.69) is 43.0 Å². The Morgan fingerprint density at radius 2 is 2.07 bits per heavy atom. The lowest BCUT2D eigenvalue weighted by Crippen LogP contribution is -2.45. The minimum absolute atomic E-state index is 0.104. The Hall–Kier alpha value is 0.410. The van der Waals surface area contributed by atoms with Crippen molar-refractivity contribution in [2.24, 2.45) is 10.2 Å². The van der Waals surface area contributed by atoms with Crippen LogP contribution in [0.2, 0.25) is 0 Å². The number of azo groups is 1. The molecule has 2 heterocycles. The summed E-state index contributed by atoms with van der Waals surface area (Å²) in [5.41, 5.74) is 0.715. The zero-order valence-corrected chi connectivity index (χ0v) is 11.6. The fourth-order valence-electron chi connectivity index (χ4n) is 1.67. The van der Waals surface area contributed by atoms with Gasteiger partial charge in [-0.1, -0.05) is 45.8 Å². The van der Waals surface area contributed by atoms with E-state index in [1.54, 1.807) is 0 Å². The molecule has 0 aromatic carbocycles. The number of piperazine rings is 1. The molecule has 2 atom stereocenters. The molecule has 15 heavy (non-hydrogen) atoms. The van der Waals surface area contributed by atoms with Crippen LogP contribution in [0.5, 0.6) is 0 Å². The molecule has 0 spiro atoms. The number of halogens is 3. The first-order valence-corrected chi connectivity index (χ1v) is 6.80. The molecule has 1 fully saturated rings. The quantitative estimate of drug-likeness (QED) is 0.442. The standard InChI is InChI=1S/C8H11Cl2IN4/c9-7-5(11)6(8(10)14-13-7)15-3-1-12-2-4-15/h5,7,12H,1-4H2/t5-,7?/m1/s1. The predicted octanol–water partition coefficient (Wildman–Crippen LogP) is 2.13. The molecule has 0 aliphatic carbocycles. The lowest BCUT2D eigenvalue weighted by Gasteiger charge is -2.35. The monoisotopic (exact) mass is 360 g/mol. The molecule has 0 saturated carbocycles. The van der Waals surface area contributed by atoms with Crippen molar-refractivity contribution < 1.29 is 0 Å². The van der Waals surface area contributed by atoms with Gasteiger partial charge in [0.15, 0.2) is 10.7 Å². The van der Waals surface area contributed by atoms with Crippen LogP contribution in [0.15, 0.2) is 21.1 Å². The number of hydrogen-bond acceptors (Lipinski definition) is 4. The van der Waals surface area contributed by atoms with Gasteiger partial charge in [-0.25, -0.2) is 0 Å². The van der Waals surface area contributed by atoms with Crippen LogP contribution < -0.4 is 5.32 Å². The van der Waals surface area contributed by atoms with Crippen molar-refractivity contribution in [1.82, 2.24) is 10.2 Å². The van der Waals surface area contributed by atoms with E-state index in [1.165, 1.54) is 0 Å². The van der Waals surface area contributed by atoms with Crippen LogP contribution in [0.25, 0.3) is 0 Å². The largest absolute Gasteiger partial charge is 0.369 e. The Labute approximate surface area is 112 Å². The molecule has 0 aromatic heterocycles. The second-order valence-electron chi connectivity index (χ2n) is 3.40. The maximum absolute atomic E-state index is 6.07. The van der Waals surface area contributed by atoms with Crippen molar-refractivity contribution in [2.75, 3.05) is 26.2 Å². The van der Waals surface area contributed by atoms with Crippen LogP contribution in [0.1, 0.15) is 0 Å². The van der Waals surface area contributed by atoms with E-state index in [4.69, 9.17) is 23.2 Å². The maximum atomic E-state index is 6.07. The van der Waals surface area contributed by atoms with Gasteiger partial charge in [0, 0.05) is 26.2 Å². The van der Waals surface area contributed by atoms with Gasteiger partial charge in [-0.3, -0.25) is 0 Å². The molecule has 84 valence electrons. The molecule has 7 heteroatoms. The summed E-state index contributed by atoms with van der Waals surface area (Å²) in [5.74, 6) is 0. The third-order valence-electron chi connectivity index (χ3n) is 2.43. The Kier molecular flexibility index (Phi) is 4.09. The number of hydrogen-bond donors (Lipinski definition) is 1. The predicted molar refractivity (Wildman–Crippen MR) is 69.6 cm³/mol. The number of nitrogens with one attached hydrogen (secondary N) is 1. The normalized spacial score (nSPS) is 32.3. The van der Waals surface area contributed by atoms with Crippen LogP contribution in [-0.2, 0) is 0 Å². The Bertz CT molecular complexity index is 301. The van der Waals surface area contributed by atoms with Crippen LogP contribution in [0.4, 0.5) is 0 Å². The second kappa shape index (κ2) is 5.16. The highest BCUT2D eigenvalue weighted by Gasteiger charge is 2.31. The molecule has 0 radical (unpaired) electrons. The van der Waals surface area contributed by atoms with Gasteiger partial charge in [0.05, 0.1) is 9.62 Å². The average molecular weight is 361 g/mol. The lowest BCUT2D eigenvalue weighted by atomic mass is 10.2. The van der Waals surface area contributed by atoms with E-state index in [9.17, 15) is 0 Å². The van der Waals surface area contributed by atoms with E-state index < -0.39 is 0 Å². The third kappa shape index (κ3) is 2.57. The molecule has 1 unspecified atom stereocenters. The van der Waals surface area contributed by atoms with Gasteiger partial charge in [-0.2, -0.15) is 5.11 Å². The van der Waals surface area contributed by atoms with Gasteiger partial charge in [0.1, 0.15) is 0 Å². The summed E-state index contributed by atoms with van der Waals surface area (Å²) in [7, 11) is 0. The molecule has 0 aromatic rings.